The largest absolute Gasteiger partial charge is 0.493 e. The van der Waals surface area contributed by atoms with Crippen LogP contribution in [-0.2, 0) is 7.05 Å². The summed E-state index contributed by atoms with van der Waals surface area (Å²) in [5.41, 5.74) is 8.87. The zero-order valence-electron chi connectivity index (χ0n) is 10.1. The summed E-state index contributed by atoms with van der Waals surface area (Å²) in [5.74, 6) is 0.315. The second-order valence-electron chi connectivity index (χ2n) is 4.23. The molecule has 0 spiro atoms. The summed E-state index contributed by atoms with van der Waals surface area (Å²) >= 11 is 3.46. The standard InChI is InChI=1S/C13H11BrN4O/c1-18-12(19)10(17-13(18)15)5-7-6-16-11-8(7)3-2-4-9(11)14/h2-6,19H,1H3,(H2,15,17). The first kappa shape index (κ1) is 12.0. The van der Waals surface area contributed by atoms with Crippen molar-refractivity contribution in [3.63, 3.8) is 0 Å². The number of anilines is 1. The number of hydrogen-bond acceptors (Lipinski definition) is 4. The van der Waals surface area contributed by atoms with Crippen molar-refractivity contribution < 1.29 is 5.11 Å². The highest BCUT2D eigenvalue weighted by molar-refractivity contribution is 9.10. The van der Waals surface area contributed by atoms with E-state index < -0.39 is 0 Å². The normalized spacial score (nSPS) is 15.2. The lowest BCUT2D eigenvalue weighted by atomic mass is 10.1. The number of nitrogen functional groups attached to an aromatic ring is 1. The Bertz CT molecular complexity index is 730. The van der Waals surface area contributed by atoms with Crippen LogP contribution in [0.3, 0.4) is 0 Å². The van der Waals surface area contributed by atoms with Gasteiger partial charge in [-0.05, 0) is 28.1 Å². The molecule has 3 N–H and O–H groups in total. The molecule has 2 aromatic rings. The van der Waals surface area contributed by atoms with Gasteiger partial charge in [0.1, 0.15) is 5.69 Å². The lowest BCUT2D eigenvalue weighted by Crippen LogP contribution is -1.95. The Hall–Kier alpha value is -2.08. The molecule has 6 heteroatoms. The van der Waals surface area contributed by atoms with Gasteiger partial charge in [0.2, 0.25) is 11.8 Å². The van der Waals surface area contributed by atoms with Crippen molar-refractivity contribution in [2.75, 3.05) is 5.73 Å². The Kier molecular flexibility index (Phi) is 2.67. The number of hydrogen-bond donors (Lipinski definition) is 2. The molecule has 1 aromatic heterocycles. The molecule has 0 aliphatic carbocycles. The number of aromatic hydroxyl groups is 1. The number of benzene rings is 1. The number of allylic oxidation sites excluding steroid dienone is 1. The summed E-state index contributed by atoms with van der Waals surface area (Å²) in [6, 6.07) is 5.86. The molecule has 1 aromatic carbocycles. The van der Waals surface area contributed by atoms with Crippen molar-refractivity contribution in [2.24, 2.45) is 12.0 Å². The molecule has 1 aliphatic rings. The van der Waals surface area contributed by atoms with E-state index >= 15 is 0 Å². The predicted molar refractivity (Wildman–Crippen MR) is 79.5 cm³/mol. The van der Waals surface area contributed by atoms with Crippen molar-refractivity contribution in [1.29, 1.82) is 0 Å². The van der Waals surface area contributed by atoms with E-state index in [-0.39, 0.29) is 11.8 Å². The number of aromatic nitrogens is 2. The number of aliphatic imine (C=N–C) groups is 1. The molecule has 0 bridgehead atoms. The second kappa shape index (κ2) is 4.24. The fraction of sp³-hybridized carbons (Fsp3) is 0.0769. The van der Waals surface area contributed by atoms with E-state index in [0.717, 1.165) is 21.3 Å². The zero-order chi connectivity index (χ0) is 13.6. The van der Waals surface area contributed by atoms with Crippen LogP contribution in [0.1, 0.15) is 11.3 Å². The zero-order valence-corrected chi connectivity index (χ0v) is 11.7. The van der Waals surface area contributed by atoms with E-state index in [9.17, 15) is 5.11 Å². The first-order valence-electron chi connectivity index (χ1n) is 5.63. The quantitative estimate of drug-likeness (QED) is 0.848. The Labute approximate surface area is 118 Å². The lowest BCUT2D eigenvalue weighted by Gasteiger charge is -2.00. The Morgan fingerprint density at radius 1 is 1.42 bits per heavy atom. The molecule has 0 atom stereocenters. The summed E-state index contributed by atoms with van der Waals surface area (Å²) in [6.07, 6.45) is 3.52. The topological polar surface area (TPSA) is 76.4 Å². The number of para-hydroxylation sites is 1. The van der Waals surface area contributed by atoms with Crippen LogP contribution in [0.5, 0.6) is 5.88 Å². The van der Waals surface area contributed by atoms with E-state index in [2.05, 4.69) is 25.9 Å². The molecule has 2 heterocycles. The minimum Gasteiger partial charge on any atom is -0.493 e. The van der Waals surface area contributed by atoms with Crippen molar-refractivity contribution in [2.45, 2.75) is 0 Å². The van der Waals surface area contributed by atoms with Crippen molar-refractivity contribution in [1.82, 2.24) is 9.55 Å². The molecule has 0 saturated heterocycles. The predicted octanol–water partition coefficient (Wildman–Crippen LogP) is 2.73. The monoisotopic (exact) mass is 318 g/mol. The molecule has 19 heavy (non-hydrogen) atoms. The van der Waals surface area contributed by atoms with Gasteiger partial charge in [-0.15, -0.1) is 0 Å². The van der Waals surface area contributed by atoms with Crippen molar-refractivity contribution in [3.05, 3.63) is 33.9 Å². The first-order chi connectivity index (χ1) is 9.08. The van der Waals surface area contributed by atoms with Crippen LogP contribution in [0, 0.1) is 0 Å². The van der Waals surface area contributed by atoms with E-state index in [1.807, 2.05) is 18.2 Å². The van der Waals surface area contributed by atoms with Crippen LogP contribution in [-0.4, -0.2) is 20.9 Å². The van der Waals surface area contributed by atoms with Gasteiger partial charge in [-0.2, -0.15) is 0 Å². The van der Waals surface area contributed by atoms with Crippen LogP contribution >= 0.6 is 15.9 Å². The van der Waals surface area contributed by atoms with E-state index in [1.54, 1.807) is 19.3 Å². The summed E-state index contributed by atoms with van der Waals surface area (Å²) in [6.45, 7) is 0. The molecule has 1 aliphatic heterocycles. The van der Waals surface area contributed by atoms with Gasteiger partial charge in [0.15, 0.2) is 0 Å². The maximum absolute atomic E-state index is 9.90. The van der Waals surface area contributed by atoms with Gasteiger partial charge in [0, 0.05) is 28.9 Å². The molecule has 0 radical (unpaired) electrons. The van der Waals surface area contributed by atoms with Gasteiger partial charge in [-0.1, -0.05) is 12.1 Å². The van der Waals surface area contributed by atoms with Crippen LogP contribution < -0.4 is 5.73 Å². The average Bonchev–Trinajstić information content (AvgIpc) is 2.90. The molecule has 0 fully saturated rings. The van der Waals surface area contributed by atoms with Gasteiger partial charge >= 0.3 is 0 Å². The molecule has 96 valence electrons. The Morgan fingerprint density at radius 3 is 2.89 bits per heavy atom. The summed E-state index contributed by atoms with van der Waals surface area (Å²) in [7, 11) is 1.66. The van der Waals surface area contributed by atoms with Crippen LogP contribution in [0.4, 0.5) is 11.6 Å². The molecule has 5 nitrogen and oxygen atoms in total. The smallest absolute Gasteiger partial charge is 0.220 e. The maximum Gasteiger partial charge on any atom is 0.220 e. The highest BCUT2D eigenvalue weighted by Crippen LogP contribution is 2.38. The SMILES string of the molecule is Cn1c(N)nc(C=C2C=Nc3c(Br)cccc32)c1O. The number of rotatable bonds is 1. The highest BCUT2D eigenvalue weighted by atomic mass is 79.9. The van der Waals surface area contributed by atoms with Crippen LogP contribution in [0.2, 0.25) is 0 Å². The van der Waals surface area contributed by atoms with Crippen molar-refractivity contribution >= 4 is 45.4 Å². The summed E-state index contributed by atoms with van der Waals surface area (Å²) in [5, 5.41) is 9.90. The van der Waals surface area contributed by atoms with E-state index in [4.69, 9.17) is 5.73 Å². The molecule has 0 saturated carbocycles. The van der Waals surface area contributed by atoms with Crippen LogP contribution in [0.15, 0.2) is 27.7 Å². The number of nitrogens with zero attached hydrogens (tertiary/aromatic N) is 3. The van der Waals surface area contributed by atoms with Crippen LogP contribution in [0.25, 0.3) is 11.6 Å². The molecule has 0 unspecified atom stereocenters. The van der Waals surface area contributed by atoms with E-state index in [1.165, 1.54) is 4.57 Å². The average molecular weight is 319 g/mol. The minimum atomic E-state index is 0.0434. The van der Waals surface area contributed by atoms with Gasteiger partial charge < -0.3 is 10.8 Å². The van der Waals surface area contributed by atoms with Gasteiger partial charge in [-0.25, -0.2) is 4.98 Å². The number of fused-ring (bicyclic) bond motifs is 1. The third-order valence-corrected chi connectivity index (χ3v) is 3.69. The third-order valence-electron chi connectivity index (χ3n) is 3.05. The fourth-order valence-corrected chi connectivity index (χ4v) is 2.44. The summed E-state index contributed by atoms with van der Waals surface area (Å²) < 4.78 is 2.37. The highest BCUT2D eigenvalue weighted by Gasteiger charge is 2.17. The molecule has 0 amide bonds. The van der Waals surface area contributed by atoms with Crippen molar-refractivity contribution in [3.8, 4) is 5.88 Å². The molecule has 3 rings (SSSR count). The molecular weight excluding hydrogens is 308 g/mol. The fourth-order valence-electron chi connectivity index (χ4n) is 1.97. The third kappa shape index (κ3) is 1.84. The van der Waals surface area contributed by atoms with Gasteiger partial charge in [0.25, 0.3) is 0 Å². The first-order valence-corrected chi connectivity index (χ1v) is 6.43. The summed E-state index contributed by atoms with van der Waals surface area (Å²) in [4.78, 5) is 8.46. The second-order valence-corrected chi connectivity index (χ2v) is 5.09. The lowest BCUT2D eigenvalue weighted by molar-refractivity contribution is 0.432. The number of halogens is 1. The maximum atomic E-state index is 9.90. The van der Waals surface area contributed by atoms with Gasteiger partial charge in [0.05, 0.1) is 5.69 Å². The van der Waals surface area contributed by atoms with E-state index in [0.29, 0.717) is 5.69 Å². The Morgan fingerprint density at radius 2 is 2.21 bits per heavy atom. The molecular formula is C13H11BrN4O. The minimum absolute atomic E-state index is 0.0434. The van der Waals surface area contributed by atoms with Gasteiger partial charge in [-0.3, -0.25) is 9.56 Å². The number of imidazole rings is 1. The number of nitrogens with two attached hydrogens (primary N) is 1. The Balaban J connectivity index is 2.11.